The number of nitrogens with zero attached hydrogens (tertiary/aromatic N) is 4. The number of aromatic nitrogens is 4. The molecule has 0 aliphatic rings. The van der Waals surface area contributed by atoms with Crippen LogP contribution in [0.1, 0.15) is 12.8 Å². The molecule has 0 aromatic carbocycles. The van der Waals surface area contributed by atoms with Gasteiger partial charge in [-0.25, -0.2) is 13.9 Å². The second-order valence-corrected chi connectivity index (χ2v) is 3.90. The van der Waals surface area contributed by atoms with Crippen LogP contribution in [0.15, 0.2) is 23.4 Å². The van der Waals surface area contributed by atoms with Gasteiger partial charge in [-0.05, 0) is 12.8 Å². The SMILES string of the molecule is NC(=S)CCCn1nc2cnccn2c1=O. The number of fused-ring (bicyclic) bond motifs is 1. The summed E-state index contributed by atoms with van der Waals surface area (Å²) >= 11 is 4.76. The van der Waals surface area contributed by atoms with Gasteiger partial charge in [0.2, 0.25) is 0 Å². The molecular formula is C9H11N5OS. The normalized spacial score (nSPS) is 10.8. The monoisotopic (exact) mass is 237 g/mol. The van der Waals surface area contributed by atoms with Crippen LogP contribution in [0.5, 0.6) is 0 Å². The van der Waals surface area contributed by atoms with Crippen molar-refractivity contribution in [1.82, 2.24) is 19.2 Å². The zero-order chi connectivity index (χ0) is 11.5. The largest absolute Gasteiger partial charge is 0.393 e. The highest BCUT2D eigenvalue weighted by Gasteiger charge is 2.05. The average Bonchev–Trinajstić information content (AvgIpc) is 2.56. The molecule has 0 aliphatic carbocycles. The third-order valence-electron chi connectivity index (χ3n) is 2.18. The molecule has 2 N–H and O–H groups in total. The molecule has 0 saturated carbocycles. The van der Waals surface area contributed by atoms with Crippen molar-refractivity contribution in [3.63, 3.8) is 0 Å². The van der Waals surface area contributed by atoms with Crippen molar-refractivity contribution in [3.05, 3.63) is 29.1 Å². The molecule has 2 aromatic rings. The first-order valence-electron chi connectivity index (χ1n) is 4.86. The van der Waals surface area contributed by atoms with Crippen molar-refractivity contribution in [2.45, 2.75) is 19.4 Å². The molecule has 6 nitrogen and oxygen atoms in total. The van der Waals surface area contributed by atoms with Crippen LogP contribution in [-0.2, 0) is 6.54 Å². The van der Waals surface area contributed by atoms with Crippen molar-refractivity contribution >= 4 is 22.9 Å². The summed E-state index contributed by atoms with van der Waals surface area (Å²) in [5.41, 5.74) is 5.76. The Labute approximate surface area is 96.7 Å². The topological polar surface area (TPSA) is 78.2 Å². The van der Waals surface area contributed by atoms with E-state index in [9.17, 15) is 4.79 Å². The minimum atomic E-state index is -0.166. The van der Waals surface area contributed by atoms with Crippen molar-refractivity contribution in [1.29, 1.82) is 0 Å². The van der Waals surface area contributed by atoms with E-state index in [-0.39, 0.29) is 5.69 Å². The van der Waals surface area contributed by atoms with E-state index in [1.54, 1.807) is 18.6 Å². The summed E-state index contributed by atoms with van der Waals surface area (Å²) in [7, 11) is 0. The highest BCUT2D eigenvalue weighted by atomic mass is 32.1. The van der Waals surface area contributed by atoms with Gasteiger partial charge >= 0.3 is 5.69 Å². The molecule has 0 radical (unpaired) electrons. The van der Waals surface area contributed by atoms with Gasteiger partial charge in [0.15, 0.2) is 5.65 Å². The van der Waals surface area contributed by atoms with Crippen LogP contribution in [0, 0.1) is 0 Å². The lowest BCUT2D eigenvalue weighted by molar-refractivity contribution is 0.570. The first-order valence-corrected chi connectivity index (χ1v) is 5.27. The van der Waals surface area contributed by atoms with Gasteiger partial charge in [0, 0.05) is 18.9 Å². The first-order chi connectivity index (χ1) is 7.68. The quantitative estimate of drug-likeness (QED) is 0.755. The van der Waals surface area contributed by atoms with E-state index < -0.39 is 0 Å². The lowest BCUT2D eigenvalue weighted by Gasteiger charge is -1.97. The van der Waals surface area contributed by atoms with Crippen molar-refractivity contribution < 1.29 is 0 Å². The van der Waals surface area contributed by atoms with Crippen LogP contribution in [-0.4, -0.2) is 24.2 Å². The maximum atomic E-state index is 11.8. The van der Waals surface area contributed by atoms with E-state index in [1.165, 1.54) is 9.08 Å². The van der Waals surface area contributed by atoms with Crippen LogP contribution < -0.4 is 11.4 Å². The number of aryl methyl sites for hydroxylation is 1. The van der Waals surface area contributed by atoms with E-state index >= 15 is 0 Å². The van der Waals surface area contributed by atoms with Crippen molar-refractivity contribution in [2.75, 3.05) is 0 Å². The highest BCUT2D eigenvalue weighted by Crippen LogP contribution is 1.95. The van der Waals surface area contributed by atoms with Gasteiger partial charge in [-0.3, -0.25) is 4.98 Å². The summed E-state index contributed by atoms with van der Waals surface area (Å²) in [5.74, 6) is 0. The lowest BCUT2D eigenvalue weighted by atomic mass is 10.3. The molecule has 0 spiro atoms. The molecule has 0 aliphatic heterocycles. The lowest BCUT2D eigenvalue weighted by Crippen LogP contribution is -2.21. The van der Waals surface area contributed by atoms with E-state index in [0.717, 1.165) is 0 Å². The summed E-state index contributed by atoms with van der Waals surface area (Å²) in [5, 5.41) is 4.13. The fourth-order valence-corrected chi connectivity index (χ4v) is 1.57. The zero-order valence-corrected chi connectivity index (χ0v) is 9.35. The van der Waals surface area contributed by atoms with Gasteiger partial charge < -0.3 is 5.73 Å². The third kappa shape index (κ3) is 2.08. The van der Waals surface area contributed by atoms with Crippen LogP contribution in [0.4, 0.5) is 0 Å². The van der Waals surface area contributed by atoms with E-state index in [4.69, 9.17) is 18.0 Å². The fourth-order valence-electron chi connectivity index (χ4n) is 1.43. The molecule has 84 valence electrons. The number of nitrogens with two attached hydrogens (primary N) is 1. The van der Waals surface area contributed by atoms with Crippen molar-refractivity contribution in [2.24, 2.45) is 5.73 Å². The summed E-state index contributed by atoms with van der Waals surface area (Å²) in [4.78, 5) is 16.1. The smallest absolute Gasteiger partial charge is 0.350 e. The minimum Gasteiger partial charge on any atom is -0.393 e. The maximum Gasteiger partial charge on any atom is 0.350 e. The summed E-state index contributed by atoms with van der Waals surface area (Å²) in [6.07, 6.45) is 6.02. The summed E-state index contributed by atoms with van der Waals surface area (Å²) in [6, 6.07) is 0. The molecule has 2 heterocycles. The Bertz CT molecular complexity index is 573. The van der Waals surface area contributed by atoms with E-state index in [0.29, 0.717) is 30.0 Å². The summed E-state index contributed by atoms with van der Waals surface area (Å²) < 4.78 is 2.85. The van der Waals surface area contributed by atoms with Crippen LogP contribution >= 0.6 is 12.2 Å². The molecule has 16 heavy (non-hydrogen) atoms. The van der Waals surface area contributed by atoms with Crippen LogP contribution in [0.25, 0.3) is 5.65 Å². The highest BCUT2D eigenvalue weighted by molar-refractivity contribution is 7.80. The Morgan fingerprint density at radius 1 is 1.56 bits per heavy atom. The van der Waals surface area contributed by atoms with Gasteiger partial charge in [-0.2, -0.15) is 0 Å². The van der Waals surface area contributed by atoms with E-state index in [2.05, 4.69) is 10.1 Å². The molecule has 7 heteroatoms. The molecule has 0 saturated heterocycles. The number of rotatable bonds is 4. The maximum absolute atomic E-state index is 11.8. The predicted molar refractivity (Wildman–Crippen MR) is 63.3 cm³/mol. The molecule has 2 rings (SSSR count). The molecule has 0 atom stereocenters. The Hall–Kier alpha value is -1.76. The molecule has 0 fully saturated rings. The van der Waals surface area contributed by atoms with Gasteiger partial charge in [0.25, 0.3) is 0 Å². The van der Waals surface area contributed by atoms with Gasteiger partial charge in [0.1, 0.15) is 0 Å². The predicted octanol–water partition coefficient (Wildman–Crippen LogP) is -0.0427. The zero-order valence-electron chi connectivity index (χ0n) is 8.54. The standard InChI is InChI=1S/C9H11N5OS/c10-7(16)2-1-4-14-9(15)13-5-3-11-6-8(13)12-14/h3,5-6H,1-2,4H2,(H2,10,16). The Kier molecular flexibility index (Phi) is 2.95. The van der Waals surface area contributed by atoms with Gasteiger partial charge in [-0.15, -0.1) is 5.10 Å². The molecule has 0 bridgehead atoms. The first kappa shape index (κ1) is 10.7. The molecule has 2 aromatic heterocycles. The van der Waals surface area contributed by atoms with Crippen LogP contribution in [0.3, 0.4) is 0 Å². The minimum absolute atomic E-state index is 0.166. The number of hydrogen-bond donors (Lipinski definition) is 1. The van der Waals surface area contributed by atoms with Gasteiger partial charge in [-0.1, -0.05) is 12.2 Å². The second-order valence-electron chi connectivity index (χ2n) is 3.38. The van der Waals surface area contributed by atoms with Gasteiger partial charge in [0.05, 0.1) is 11.2 Å². The Morgan fingerprint density at radius 2 is 2.38 bits per heavy atom. The average molecular weight is 237 g/mol. The fraction of sp³-hybridized carbons (Fsp3) is 0.333. The Morgan fingerprint density at radius 3 is 3.06 bits per heavy atom. The van der Waals surface area contributed by atoms with Crippen molar-refractivity contribution in [3.8, 4) is 0 Å². The Balaban J connectivity index is 2.22. The summed E-state index contributed by atoms with van der Waals surface area (Å²) in [6.45, 7) is 0.512. The second kappa shape index (κ2) is 4.40. The number of hydrogen-bond acceptors (Lipinski definition) is 4. The third-order valence-corrected chi connectivity index (χ3v) is 2.39. The van der Waals surface area contributed by atoms with Crippen LogP contribution in [0.2, 0.25) is 0 Å². The molecule has 0 amide bonds. The molecular weight excluding hydrogens is 226 g/mol. The number of thiocarbonyl (C=S) groups is 1. The molecule has 0 unspecified atom stereocenters. The van der Waals surface area contributed by atoms with E-state index in [1.807, 2.05) is 0 Å².